The molecule has 3 aromatic rings. The molecule has 2 aliphatic rings. The highest BCUT2D eigenvalue weighted by atomic mass is 32.2. The van der Waals surface area contributed by atoms with E-state index in [4.69, 9.17) is 9.47 Å². The third kappa shape index (κ3) is 6.89. The van der Waals surface area contributed by atoms with Crippen molar-refractivity contribution in [1.82, 2.24) is 24.3 Å². The number of benzene rings is 1. The predicted octanol–water partition coefficient (Wildman–Crippen LogP) is 3.83. The molecule has 2 saturated heterocycles. The third-order valence-corrected chi connectivity index (χ3v) is 8.48. The van der Waals surface area contributed by atoms with E-state index >= 15 is 0 Å². The van der Waals surface area contributed by atoms with Gasteiger partial charge < -0.3 is 24.1 Å². The van der Waals surface area contributed by atoms with Gasteiger partial charge in [-0.1, -0.05) is 12.1 Å². The maximum atomic E-state index is 12.9. The van der Waals surface area contributed by atoms with Gasteiger partial charge in [0.15, 0.2) is 0 Å². The van der Waals surface area contributed by atoms with Crippen molar-refractivity contribution in [2.24, 2.45) is 0 Å². The smallest absolute Gasteiger partial charge is 0.410 e. The Morgan fingerprint density at radius 2 is 1.88 bits per heavy atom. The molecule has 0 aliphatic carbocycles. The quantitative estimate of drug-likeness (QED) is 0.449. The van der Waals surface area contributed by atoms with Crippen LogP contribution in [0.2, 0.25) is 0 Å². The number of hydrogen-bond acceptors (Lipinski definition) is 6. The molecule has 0 saturated carbocycles. The van der Waals surface area contributed by atoms with Crippen molar-refractivity contribution in [3.63, 3.8) is 0 Å². The average Bonchev–Trinajstić information content (AvgIpc) is 3.56. The molecule has 1 spiro atoms. The van der Waals surface area contributed by atoms with Crippen molar-refractivity contribution in [1.29, 1.82) is 0 Å². The number of ether oxygens (including phenoxy) is 2. The van der Waals surface area contributed by atoms with Crippen LogP contribution in [0.1, 0.15) is 62.4 Å². The number of nitrogens with one attached hydrogen (secondary N) is 2. The van der Waals surface area contributed by atoms with Gasteiger partial charge in [0.25, 0.3) is 5.91 Å². The number of piperidine rings is 1. The van der Waals surface area contributed by atoms with Crippen LogP contribution in [0.3, 0.4) is 0 Å². The zero-order valence-corrected chi connectivity index (χ0v) is 24.0. The molecule has 0 bridgehead atoms. The molecule has 2 amide bonds. The van der Waals surface area contributed by atoms with Crippen LogP contribution >= 0.6 is 0 Å². The Morgan fingerprint density at radius 3 is 2.60 bits per heavy atom. The number of pyridine rings is 1. The summed E-state index contributed by atoms with van der Waals surface area (Å²) in [5.41, 5.74) is 1.53. The van der Waals surface area contributed by atoms with E-state index in [0.717, 1.165) is 36.9 Å². The second kappa shape index (κ2) is 11.7. The van der Waals surface area contributed by atoms with E-state index in [1.807, 2.05) is 45.0 Å². The van der Waals surface area contributed by atoms with E-state index in [2.05, 4.69) is 15.0 Å². The number of carbonyl (C=O) groups is 2. The highest BCUT2D eigenvalue weighted by Gasteiger charge is 2.43. The van der Waals surface area contributed by atoms with E-state index in [1.54, 1.807) is 40.0 Å². The van der Waals surface area contributed by atoms with Crippen LogP contribution in [0.15, 0.2) is 59.9 Å². The van der Waals surface area contributed by atoms with Gasteiger partial charge in [-0.2, -0.15) is 0 Å². The van der Waals surface area contributed by atoms with Crippen LogP contribution in [0.4, 0.5) is 4.79 Å². The van der Waals surface area contributed by atoms with Crippen molar-refractivity contribution in [3.05, 3.63) is 66.1 Å². The standard InChI is InChI=1S/C29H37N5O5S/c1-28(2,3)39-27(36)33-15-12-29(13-16-33)11-10-23(38-29)19-32-40(37)24-7-4-21(5-8-24)18-31-26(35)22-6-9-25-30-14-17-34(25)20-22/h4-9,14,17,20,23,32H,10-13,15-16,18-19H2,1-3H3,(H,31,35). The molecule has 10 nitrogen and oxygen atoms in total. The molecule has 2 atom stereocenters. The van der Waals surface area contributed by atoms with Crippen LogP contribution in [0, 0.1) is 0 Å². The van der Waals surface area contributed by atoms with E-state index < -0.39 is 16.6 Å². The van der Waals surface area contributed by atoms with E-state index in [9.17, 15) is 13.8 Å². The van der Waals surface area contributed by atoms with Gasteiger partial charge in [-0.3, -0.25) is 4.79 Å². The number of hydrogen-bond donors (Lipinski definition) is 2. The molecule has 40 heavy (non-hydrogen) atoms. The molecule has 11 heteroatoms. The first kappa shape index (κ1) is 28.3. The summed E-state index contributed by atoms with van der Waals surface area (Å²) in [7, 11) is -1.37. The Kier molecular flexibility index (Phi) is 8.25. The molecule has 2 aromatic heterocycles. The van der Waals surface area contributed by atoms with Gasteiger partial charge in [-0.05, 0) is 76.3 Å². The van der Waals surface area contributed by atoms with E-state index in [1.165, 1.54) is 0 Å². The lowest BCUT2D eigenvalue weighted by Crippen LogP contribution is -2.48. The largest absolute Gasteiger partial charge is 0.444 e. The summed E-state index contributed by atoms with van der Waals surface area (Å²) in [6.45, 7) is 7.71. The minimum Gasteiger partial charge on any atom is -0.444 e. The van der Waals surface area contributed by atoms with Crippen molar-refractivity contribution >= 4 is 28.6 Å². The Morgan fingerprint density at radius 1 is 1.12 bits per heavy atom. The predicted molar refractivity (Wildman–Crippen MR) is 151 cm³/mol. The number of fused-ring (bicyclic) bond motifs is 1. The van der Waals surface area contributed by atoms with Gasteiger partial charge in [0.2, 0.25) is 0 Å². The zero-order valence-electron chi connectivity index (χ0n) is 23.2. The van der Waals surface area contributed by atoms with E-state index in [0.29, 0.717) is 36.6 Å². The van der Waals surface area contributed by atoms with Crippen molar-refractivity contribution in [2.75, 3.05) is 19.6 Å². The Bertz CT molecular complexity index is 1380. The topological polar surface area (TPSA) is 114 Å². The minimum atomic E-state index is -1.37. The minimum absolute atomic E-state index is 0.0203. The lowest BCUT2D eigenvalue weighted by atomic mass is 9.89. The summed E-state index contributed by atoms with van der Waals surface area (Å²) in [5, 5.41) is 2.92. The molecule has 2 unspecified atom stereocenters. The highest BCUT2D eigenvalue weighted by Crippen LogP contribution is 2.39. The summed E-state index contributed by atoms with van der Waals surface area (Å²) in [6, 6.07) is 10.9. The number of rotatable bonds is 7. The Labute approximate surface area is 237 Å². The molecular formula is C29H37N5O5S. The van der Waals surface area contributed by atoms with Crippen molar-refractivity contribution < 1.29 is 23.3 Å². The first-order valence-corrected chi connectivity index (χ1v) is 14.9. The lowest BCUT2D eigenvalue weighted by molar-refractivity contribution is -0.0758. The molecule has 2 N–H and O–H groups in total. The Hall–Kier alpha value is -3.28. The number of carbonyl (C=O) groups excluding carboxylic acids is 2. The second-order valence-corrected chi connectivity index (χ2v) is 12.8. The molecule has 2 fully saturated rings. The number of likely N-dealkylation sites (tertiary alicyclic amines) is 1. The molecule has 4 heterocycles. The van der Waals surface area contributed by atoms with Crippen LogP contribution in [-0.2, 0) is 27.0 Å². The fourth-order valence-electron chi connectivity index (χ4n) is 5.15. The van der Waals surface area contributed by atoms with Crippen LogP contribution < -0.4 is 10.0 Å². The monoisotopic (exact) mass is 567 g/mol. The molecule has 214 valence electrons. The second-order valence-electron chi connectivity index (χ2n) is 11.5. The van der Waals surface area contributed by atoms with Gasteiger partial charge in [0.05, 0.1) is 22.2 Å². The van der Waals surface area contributed by atoms with Crippen LogP contribution in [0.5, 0.6) is 0 Å². The number of amides is 2. The molecule has 2 aliphatic heterocycles. The Balaban J connectivity index is 1.04. The summed E-state index contributed by atoms with van der Waals surface area (Å²) in [4.78, 5) is 31.5. The summed E-state index contributed by atoms with van der Waals surface area (Å²) < 4.78 is 29.7. The number of imidazole rings is 1. The maximum absolute atomic E-state index is 12.9. The fraction of sp³-hybridized carbons (Fsp3) is 0.483. The average molecular weight is 568 g/mol. The zero-order chi connectivity index (χ0) is 28.3. The molecular weight excluding hydrogens is 530 g/mol. The summed E-state index contributed by atoms with van der Waals surface area (Å²) >= 11 is 0. The first-order chi connectivity index (χ1) is 19.1. The SMILES string of the molecule is CC(C)(C)OC(=O)N1CCC2(CCC(CNS(=O)c3ccc(CNC(=O)c4ccc5nccn5c4)cc3)O2)CC1. The third-order valence-electron chi connectivity index (χ3n) is 7.35. The molecule has 1 aromatic carbocycles. The van der Waals surface area contributed by atoms with Crippen molar-refractivity contribution in [3.8, 4) is 0 Å². The normalized spacial score (nSPS) is 19.6. The summed E-state index contributed by atoms with van der Waals surface area (Å²) in [5.74, 6) is -0.172. The van der Waals surface area contributed by atoms with E-state index in [-0.39, 0.29) is 23.7 Å². The molecule has 0 radical (unpaired) electrons. The van der Waals surface area contributed by atoms with Gasteiger partial charge in [-0.15, -0.1) is 0 Å². The lowest BCUT2D eigenvalue weighted by Gasteiger charge is -2.39. The number of nitrogens with zero attached hydrogens (tertiary/aromatic N) is 3. The number of aromatic nitrogens is 2. The fourth-order valence-corrected chi connectivity index (χ4v) is 6.04. The van der Waals surface area contributed by atoms with Gasteiger partial charge in [0, 0.05) is 44.8 Å². The highest BCUT2D eigenvalue weighted by molar-refractivity contribution is 7.83. The van der Waals surface area contributed by atoms with Gasteiger partial charge >= 0.3 is 6.09 Å². The van der Waals surface area contributed by atoms with Gasteiger partial charge in [-0.25, -0.2) is 18.7 Å². The first-order valence-electron chi connectivity index (χ1n) is 13.7. The maximum Gasteiger partial charge on any atom is 0.410 e. The molecule has 5 rings (SSSR count). The van der Waals surface area contributed by atoms with Crippen LogP contribution in [0.25, 0.3) is 5.65 Å². The van der Waals surface area contributed by atoms with Crippen LogP contribution in [-0.4, -0.2) is 67.4 Å². The van der Waals surface area contributed by atoms with Crippen molar-refractivity contribution in [2.45, 2.75) is 75.2 Å². The summed E-state index contributed by atoms with van der Waals surface area (Å²) in [6.07, 6.45) is 8.33. The van der Waals surface area contributed by atoms with Gasteiger partial charge in [0.1, 0.15) is 22.2 Å².